The topological polar surface area (TPSA) is 62.9 Å². The molecular formula is C20H39NO4. The third-order valence-electron chi connectivity index (χ3n) is 5.32. The predicted octanol–water partition coefficient (Wildman–Crippen LogP) is 3.78. The van der Waals surface area contributed by atoms with Gasteiger partial charge < -0.3 is 24.7 Å². The largest absolute Gasteiger partial charge is 0.374 e. The molecule has 0 saturated carbocycles. The summed E-state index contributed by atoms with van der Waals surface area (Å²) in [6.07, 6.45) is 9.96. The van der Waals surface area contributed by atoms with Crippen LogP contribution >= 0.6 is 0 Å². The van der Waals surface area contributed by atoms with Gasteiger partial charge in [-0.1, -0.05) is 51.9 Å². The number of ether oxygens (including phenoxy) is 4. The van der Waals surface area contributed by atoms with E-state index >= 15 is 0 Å². The van der Waals surface area contributed by atoms with Gasteiger partial charge in [0.15, 0.2) is 5.79 Å². The Morgan fingerprint density at radius 2 is 1.68 bits per heavy atom. The molecule has 0 radical (unpaired) electrons. The lowest BCUT2D eigenvalue weighted by molar-refractivity contribution is -0.349. The molecule has 0 aromatic rings. The van der Waals surface area contributed by atoms with Gasteiger partial charge in [-0.3, -0.25) is 0 Å². The van der Waals surface area contributed by atoms with Crippen LogP contribution in [0.1, 0.15) is 79.1 Å². The first-order valence-corrected chi connectivity index (χ1v) is 10.3. The summed E-state index contributed by atoms with van der Waals surface area (Å²) < 4.78 is 24.0. The van der Waals surface area contributed by atoms with Crippen molar-refractivity contribution < 1.29 is 18.9 Å². The van der Waals surface area contributed by atoms with E-state index in [1.807, 2.05) is 20.8 Å². The molecule has 0 amide bonds. The summed E-state index contributed by atoms with van der Waals surface area (Å²) in [6.45, 7) is 9.41. The van der Waals surface area contributed by atoms with E-state index in [0.717, 1.165) is 13.0 Å². The molecule has 2 N–H and O–H groups in total. The Kier molecular flexibility index (Phi) is 8.62. The van der Waals surface area contributed by atoms with Crippen LogP contribution in [0.3, 0.4) is 0 Å². The second-order valence-corrected chi connectivity index (χ2v) is 8.06. The van der Waals surface area contributed by atoms with E-state index in [-0.39, 0.29) is 30.5 Å². The van der Waals surface area contributed by atoms with Gasteiger partial charge in [-0.05, 0) is 27.2 Å². The first-order chi connectivity index (χ1) is 11.9. The Labute approximate surface area is 153 Å². The number of nitrogens with two attached hydrogens (primary N) is 1. The van der Waals surface area contributed by atoms with Crippen molar-refractivity contribution in [2.45, 2.75) is 115 Å². The lowest BCUT2D eigenvalue weighted by Crippen LogP contribution is -2.66. The number of fused-ring (bicyclic) bond motifs is 1. The third-order valence-corrected chi connectivity index (χ3v) is 5.32. The number of unbranched alkanes of at least 4 members (excludes halogenated alkanes) is 7. The van der Waals surface area contributed by atoms with Crippen molar-refractivity contribution in [1.82, 2.24) is 0 Å². The van der Waals surface area contributed by atoms with Crippen LogP contribution in [0.4, 0.5) is 0 Å². The quantitative estimate of drug-likeness (QED) is 0.603. The molecule has 5 atom stereocenters. The van der Waals surface area contributed by atoms with Crippen LogP contribution in [-0.4, -0.2) is 49.5 Å². The molecule has 148 valence electrons. The van der Waals surface area contributed by atoms with E-state index in [9.17, 15) is 0 Å². The van der Waals surface area contributed by atoms with E-state index in [1.54, 1.807) is 0 Å². The van der Waals surface area contributed by atoms with Gasteiger partial charge in [0.1, 0.15) is 18.3 Å². The average Bonchev–Trinajstić information content (AvgIpc) is 2.56. The van der Waals surface area contributed by atoms with Gasteiger partial charge in [-0.25, -0.2) is 0 Å². The molecule has 0 spiro atoms. The monoisotopic (exact) mass is 357 g/mol. The summed E-state index contributed by atoms with van der Waals surface area (Å²) >= 11 is 0. The van der Waals surface area contributed by atoms with Gasteiger partial charge in [0.2, 0.25) is 0 Å². The normalized spacial score (nSPS) is 34.7. The molecule has 2 saturated heterocycles. The molecule has 0 aliphatic carbocycles. The number of hydrogen-bond acceptors (Lipinski definition) is 5. The van der Waals surface area contributed by atoms with Crippen molar-refractivity contribution in [1.29, 1.82) is 0 Å². The molecule has 2 heterocycles. The second-order valence-electron chi connectivity index (χ2n) is 8.06. The van der Waals surface area contributed by atoms with Crippen molar-refractivity contribution in [3.05, 3.63) is 0 Å². The van der Waals surface area contributed by atoms with E-state index < -0.39 is 5.79 Å². The summed E-state index contributed by atoms with van der Waals surface area (Å²) in [5.74, 6) is -0.606. The van der Waals surface area contributed by atoms with Crippen molar-refractivity contribution >= 4 is 0 Å². The minimum Gasteiger partial charge on any atom is -0.374 e. The van der Waals surface area contributed by atoms with Gasteiger partial charge in [-0.2, -0.15) is 0 Å². The van der Waals surface area contributed by atoms with Crippen LogP contribution < -0.4 is 5.73 Å². The first-order valence-electron chi connectivity index (χ1n) is 10.3. The first kappa shape index (κ1) is 21.1. The third kappa shape index (κ3) is 6.47. The SMILES string of the molecule is CCCCCCCCCCO[C@@H]1[C@@H](N)[C@@H](C)O[C@@H]2COC(C)(C)O[C@@H]12. The maximum Gasteiger partial charge on any atom is 0.163 e. The van der Waals surface area contributed by atoms with Crippen LogP contribution in [0.15, 0.2) is 0 Å². The molecule has 2 rings (SSSR count). The van der Waals surface area contributed by atoms with E-state index in [4.69, 9.17) is 24.7 Å². The highest BCUT2D eigenvalue weighted by atomic mass is 16.7. The summed E-state index contributed by atoms with van der Waals surface area (Å²) in [5, 5.41) is 0. The number of hydrogen-bond donors (Lipinski definition) is 1. The van der Waals surface area contributed by atoms with Crippen LogP contribution in [0.5, 0.6) is 0 Å². The molecule has 2 fully saturated rings. The molecule has 5 heteroatoms. The minimum atomic E-state index is -0.606. The molecule has 2 aliphatic heterocycles. The zero-order valence-electron chi connectivity index (χ0n) is 16.7. The maximum atomic E-state index is 6.36. The molecule has 5 nitrogen and oxygen atoms in total. The highest BCUT2D eigenvalue weighted by molar-refractivity contribution is 4.97. The van der Waals surface area contributed by atoms with Crippen LogP contribution in [0.2, 0.25) is 0 Å². The Morgan fingerprint density at radius 1 is 1.04 bits per heavy atom. The molecule has 25 heavy (non-hydrogen) atoms. The molecule has 2 aliphatic rings. The van der Waals surface area contributed by atoms with Gasteiger partial charge in [-0.15, -0.1) is 0 Å². The Morgan fingerprint density at radius 3 is 2.36 bits per heavy atom. The summed E-state index contributed by atoms with van der Waals surface area (Å²) in [7, 11) is 0. The zero-order chi connectivity index (χ0) is 18.3. The van der Waals surface area contributed by atoms with Crippen molar-refractivity contribution in [2.24, 2.45) is 5.73 Å². The van der Waals surface area contributed by atoms with Gasteiger partial charge in [0.25, 0.3) is 0 Å². The molecule has 0 unspecified atom stereocenters. The Balaban J connectivity index is 1.70. The standard InChI is InChI=1S/C20H39NO4/c1-5-6-7-8-9-10-11-12-13-22-19-17(21)15(2)24-16-14-23-20(3,4)25-18(16)19/h15-19H,5-14,21H2,1-4H3/t15-,16-,17+,18-,19-/m1/s1. The Bertz CT molecular complexity index is 377. The number of rotatable bonds is 10. The predicted molar refractivity (Wildman–Crippen MR) is 99.6 cm³/mol. The van der Waals surface area contributed by atoms with E-state index in [1.165, 1.54) is 44.9 Å². The lowest BCUT2D eigenvalue weighted by atomic mass is 9.92. The average molecular weight is 358 g/mol. The zero-order valence-corrected chi connectivity index (χ0v) is 16.7. The highest BCUT2D eigenvalue weighted by Crippen LogP contribution is 2.33. The van der Waals surface area contributed by atoms with Crippen molar-refractivity contribution in [3.63, 3.8) is 0 Å². The molecule has 0 aromatic carbocycles. The fraction of sp³-hybridized carbons (Fsp3) is 1.00. The second kappa shape index (κ2) is 10.2. The van der Waals surface area contributed by atoms with Crippen LogP contribution in [-0.2, 0) is 18.9 Å². The van der Waals surface area contributed by atoms with E-state index in [2.05, 4.69) is 6.92 Å². The van der Waals surface area contributed by atoms with Gasteiger partial charge in [0, 0.05) is 6.61 Å². The molecular weight excluding hydrogens is 318 g/mol. The van der Waals surface area contributed by atoms with Gasteiger partial charge in [0.05, 0.1) is 18.8 Å². The van der Waals surface area contributed by atoms with Crippen LogP contribution in [0.25, 0.3) is 0 Å². The lowest BCUT2D eigenvalue weighted by Gasteiger charge is -2.50. The van der Waals surface area contributed by atoms with Crippen molar-refractivity contribution in [2.75, 3.05) is 13.2 Å². The molecule has 0 bridgehead atoms. The fourth-order valence-corrected chi connectivity index (χ4v) is 3.72. The minimum absolute atomic E-state index is 0.0433. The van der Waals surface area contributed by atoms with Crippen molar-refractivity contribution in [3.8, 4) is 0 Å². The fourth-order valence-electron chi connectivity index (χ4n) is 3.72. The summed E-state index contributed by atoms with van der Waals surface area (Å²) in [6, 6.07) is -0.163. The highest BCUT2D eigenvalue weighted by Gasteiger charge is 2.49. The van der Waals surface area contributed by atoms with Crippen LogP contribution in [0, 0.1) is 0 Å². The van der Waals surface area contributed by atoms with E-state index in [0.29, 0.717) is 6.61 Å². The smallest absolute Gasteiger partial charge is 0.163 e. The summed E-state index contributed by atoms with van der Waals surface area (Å²) in [5.41, 5.74) is 6.36. The Hall–Kier alpha value is -0.200. The maximum absolute atomic E-state index is 6.36. The molecule has 0 aromatic heterocycles. The van der Waals surface area contributed by atoms with Gasteiger partial charge >= 0.3 is 0 Å². The summed E-state index contributed by atoms with van der Waals surface area (Å²) in [4.78, 5) is 0.